The van der Waals surface area contributed by atoms with Crippen molar-refractivity contribution < 1.29 is 18.6 Å². The van der Waals surface area contributed by atoms with E-state index in [1.54, 1.807) is 0 Å². The summed E-state index contributed by atoms with van der Waals surface area (Å²) in [5.74, 6) is -1.49. The highest BCUT2D eigenvalue weighted by Crippen LogP contribution is 2.26. The van der Waals surface area contributed by atoms with Crippen LogP contribution in [0.15, 0.2) is 36.4 Å². The molecule has 0 aliphatic heterocycles. The summed E-state index contributed by atoms with van der Waals surface area (Å²) in [6.45, 7) is -0.313. The molecule has 0 spiro atoms. The number of hydrogen-bond donors (Lipinski definition) is 0. The molecule has 1 atom stereocenters. The summed E-state index contributed by atoms with van der Waals surface area (Å²) < 4.78 is 32.1. The normalized spacial score (nSPS) is 12.4. The number of halogens is 4. The number of rotatable bonds is 4. The summed E-state index contributed by atoms with van der Waals surface area (Å²) in [6.07, 6.45) is -1.80. The minimum atomic E-state index is -1.80. The summed E-state index contributed by atoms with van der Waals surface area (Å²) in [5.41, 5.74) is -0.0966. The van der Waals surface area contributed by atoms with E-state index in [4.69, 9.17) is 27.9 Å². The highest BCUT2D eigenvalue weighted by Gasteiger charge is 2.18. The van der Waals surface area contributed by atoms with Crippen LogP contribution in [0.4, 0.5) is 8.78 Å². The molecule has 0 amide bonds. The van der Waals surface area contributed by atoms with E-state index in [0.717, 1.165) is 0 Å². The Kier molecular flexibility index (Phi) is 4.94. The molecular weight excluding hydrogens is 309 g/mol. The molecular formula is C14H9Cl2F2O2. The molecule has 1 radical (unpaired) electrons. The second-order valence-electron chi connectivity index (χ2n) is 4.00. The maximum Gasteiger partial charge on any atom is 0.220 e. The lowest BCUT2D eigenvalue weighted by molar-refractivity contribution is -0.154. The Morgan fingerprint density at radius 2 is 1.60 bits per heavy atom. The van der Waals surface area contributed by atoms with Crippen molar-refractivity contribution in [1.29, 1.82) is 0 Å². The van der Waals surface area contributed by atoms with Gasteiger partial charge in [-0.05, 0) is 12.1 Å². The molecule has 0 fully saturated rings. The third kappa shape index (κ3) is 3.27. The van der Waals surface area contributed by atoms with Gasteiger partial charge in [0, 0.05) is 11.1 Å². The van der Waals surface area contributed by atoms with Gasteiger partial charge in [0.2, 0.25) is 6.29 Å². The summed E-state index contributed by atoms with van der Waals surface area (Å²) in [7, 11) is 0. The van der Waals surface area contributed by atoms with E-state index < -0.39 is 17.9 Å². The first-order valence-electron chi connectivity index (χ1n) is 5.65. The fraction of sp³-hybridized carbons (Fsp3) is 0.143. The van der Waals surface area contributed by atoms with Gasteiger partial charge in [0.05, 0.1) is 16.7 Å². The second kappa shape index (κ2) is 6.50. The minimum Gasteiger partial charge on any atom is -0.341 e. The van der Waals surface area contributed by atoms with Crippen molar-refractivity contribution in [1.82, 2.24) is 0 Å². The van der Waals surface area contributed by atoms with Crippen molar-refractivity contribution in [3.8, 4) is 0 Å². The third-order valence-electron chi connectivity index (χ3n) is 2.66. The first kappa shape index (κ1) is 15.2. The lowest BCUT2D eigenvalue weighted by Crippen LogP contribution is -2.06. The van der Waals surface area contributed by atoms with Crippen LogP contribution in [0.1, 0.15) is 17.4 Å². The second-order valence-corrected chi connectivity index (χ2v) is 4.81. The predicted molar refractivity (Wildman–Crippen MR) is 71.0 cm³/mol. The third-order valence-corrected chi connectivity index (χ3v) is 3.24. The van der Waals surface area contributed by atoms with E-state index in [2.05, 4.69) is 0 Å². The number of benzene rings is 2. The van der Waals surface area contributed by atoms with E-state index >= 15 is 0 Å². The van der Waals surface area contributed by atoms with Gasteiger partial charge in [-0.1, -0.05) is 47.5 Å². The zero-order valence-corrected chi connectivity index (χ0v) is 11.6. The SMILES string of the molecule is [O]C(OCc1cccc(Cl)c1F)c1cccc(Cl)c1F. The van der Waals surface area contributed by atoms with Crippen molar-refractivity contribution in [2.45, 2.75) is 12.9 Å². The highest BCUT2D eigenvalue weighted by molar-refractivity contribution is 6.31. The molecule has 2 aromatic rings. The van der Waals surface area contributed by atoms with E-state index in [1.807, 2.05) is 0 Å². The van der Waals surface area contributed by atoms with Crippen molar-refractivity contribution >= 4 is 23.2 Å². The number of ether oxygens (including phenoxy) is 1. The van der Waals surface area contributed by atoms with Gasteiger partial charge < -0.3 is 4.74 Å². The quantitative estimate of drug-likeness (QED) is 0.736. The molecule has 0 bridgehead atoms. The van der Waals surface area contributed by atoms with Gasteiger partial charge in [0.15, 0.2) is 0 Å². The summed E-state index contributed by atoms with van der Waals surface area (Å²) in [4.78, 5) is 0. The summed E-state index contributed by atoms with van der Waals surface area (Å²) >= 11 is 11.2. The molecule has 0 N–H and O–H groups in total. The van der Waals surface area contributed by atoms with E-state index in [1.165, 1.54) is 36.4 Å². The standard InChI is InChI=1S/C14H9Cl2F2O2/c15-10-5-1-3-8(12(10)17)7-20-14(19)9-4-2-6-11(16)13(9)18/h1-6,14H,7H2. The number of hydrogen-bond acceptors (Lipinski definition) is 1. The van der Waals surface area contributed by atoms with Gasteiger partial charge in [-0.15, -0.1) is 0 Å². The fourth-order valence-corrected chi connectivity index (χ4v) is 1.99. The lowest BCUT2D eigenvalue weighted by Gasteiger charge is -2.12. The topological polar surface area (TPSA) is 29.1 Å². The van der Waals surface area contributed by atoms with E-state index in [9.17, 15) is 13.9 Å². The smallest absolute Gasteiger partial charge is 0.220 e. The molecule has 0 heterocycles. The Balaban J connectivity index is 2.11. The van der Waals surface area contributed by atoms with Crippen LogP contribution in [0, 0.1) is 11.6 Å². The molecule has 0 saturated carbocycles. The average Bonchev–Trinajstić information content (AvgIpc) is 2.43. The zero-order chi connectivity index (χ0) is 14.7. The Bertz CT molecular complexity index is 620. The molecule has 2 aromatic carbocycles. The zero-order valence-electron chi connectivity index (χ0n) is 10.1. The first-order chi connectivity index (χ1) is 9.50. The van der Waals surface area contributed by atoms with Crippen LogP contribution in [0.2, 0.25) is 10.0 Å². The fourth-order valence-electron chi connectivity index (χ4n) is 1.62. The molecule has 105 valence electrons. The molecule has 0 saturated heterocycles. The molecule has 0 aliphatic carbocycles. The van der Waals surface area contributed by atoms with Gasteiger partial charge in [-0.25, -0.2) is 8.78 Å². The van der Waals surface area contributed by atoms with Gasteiger partial charge in [0.1, 0.15) is 11.6 Å². The molecule has 2 rings (SSSR count). The van der Waals surface area contributed by atoms with Gasteiger partial charge in [-0.3, -0.25) is 0 Å². The van der Waals surface area contributed by atoms with E-state index in [-0.39, 0.29) is 27.8 Å². The predicted octanol–water partition coefficient (Wildman–Crippen LogP) is 4.92. The summed E-state index contributed by atoms with van der Waals surface area (Å²) in [6, 6.07) is 8.38. The van der Waals surface area contributed by atoms with Crippen LogP contribution in [-0.4, -0.2) is 0 Å². The van der Waals surface area contributed by atoms with Crippen LogP contribution >= 0.6 is 23.2 Å². The minimum absolute atomic E-state index is 0.0671. The monoisotopic (exact) mass is 317 g/mol. The van der Waals surface area contributed by atoms with Crippen LogP contribution in [0.5, 0.6) is 0 Å². The Morgan fingerprint density at radius 1 is 1.00 bits per heavy atom. The van der Waals surface area contributed by atoms with Gasteiger partial charge in [0.25, 0.3) is 0 Å². The molecule has 2 nitrogen and oxygen atoms in total. The van der Waals surface area contributed by atoms with Crippen LogP contribution in [0.3, 0.4) is 0 Å². The molecule has 0 aliphatic rings. The van der Waals surface area contributed by atoms with Crippen LogP contribution < -0.4 is 0 Å². The van der Waals surface area contributed by atoms with Crippen LogP contribution in [-0.2, 0) is 16.5 Å². The Hall–Kier alpha value is -1.20. The molecule has 1 unspecified atom stereocenters. The molecule has 6 heteroatoms. The first-order valence-corrected chi connectivity index (χ1v) is 6.40. The van der Waals surface area contributed by atoms with E-state index in [0.29, 0.717) is 0 Å². The van der Waals surface area contributed by atoms with Crippen molar-refractivity contribution in [2.24, 2.45) is 0 Å². The van der Waals surface area contributed by atoms with Crippen molar-refractivity contribution in [3.63, 3.8) is 0 Å². The average molecular weight is 318 g/mol. The van der Waals surface area contributed by atoms with Crippen molar-refractivity contribution in [2.75, 3.05) is 0 Å². The lowest BCUT2D eigenvalue weighted by atomic mass is 10.2. The molecule has 20 heavy (non-hydrogen) atoms. The Morgan fingerprint density at radius 3 is 2.30 bits per heavy atom. The van der Waals surface area contributed by atoms with Gasteiger partial charge >= 0.3 is 0 Å². The summed E-state index contributed by atoms with van der Waals surface area (Å²) in [5, 5.41) is 11.6. The Labute approximate surface area is 124 Å². The molecule has 0 aromatic heterocycles. The van der Waals surface area contributed by atoms with Crippen LogP contribution in [0.25, 0.3) is 0 Å². The maximum absolute atomic E-state index is 13.6. The largest absolute Gasteiger partial charge is 0.341 e. The van der Waals surface area contributed by atoms with Crippen molar-refractivity contribution in [3.05, 3.63) is 69.2 Å². The van der Waals surface area contributed by atoms with Gasteiger partial charge in [-0.2, -0.15) is 5.11 Å². The highest BCUT2D eigenvalue weighted by atomic mass is 35.5. The maximum atomic E-state index is 13.6.